The number of amides is 2. The molecule has 8 heteroatoms. The number of halogens is 1. The van der Waals surface area contributed by atoms with Crippen LogP contribution in [0, 0.1) is 12.7 Å². The summed E-state index contributed by atoms with van der Waals surface area (Å²) >= 11 is 0. The molecule has 2 rings (SSSR count). The predicted octanol–water partition coefficient (Wildman–Crippen LogP) is 2.14. The number of aromatic carboxylic acids is 1. The lowest BCUT2D eigenvalue weighted by molar-refractivity contribution is 0.0697. The third-order valence-electron chi connectivity index (χ3n) is 2.56. The number of carbonyl (C=O) groups excluding carboxylic acids is 1. The number of nitrogens with zero attached hydrogens (tertiary/aromatic N) is 1. The third kappa shape index (κ3) is 3.78. The first kappa shape index (κ1) is 14.5. The van der Waals surface area contributed by atoms with Crippen molar-refractivity contribution in [3.05, 3.63) is 47.1 Å². The fourth-order valence-corrected chi connectivity index (χ4v) is 1.59. The van der Waals surface area contributed by atoms with Gasteiger partial charge in [0.25, 0.3) is 0 Å². The molecular weight excluding hydrogens is 281 g/mol. The smallest absolute Gasteiger partial charge is 0.335 e. The van der Waals surface area contributed by atoms with Gasteiger partial charge < -0.3 is 20.3 Å². The number of aromatic nitrogens is 1. The van der Waals surface area contributed by atoms with E-state index in [2.05, 4.69) is 15.8 Å². The highest BCUT2D eigenvalue weighted by atomic mass is 19.1. The molecule has 0 spiro atoms. The molecule has 21 heavy (non-hydrogen) atoms. The molecule has 0 aliphatic rings. The monoisotopic (exact) mass is 293 g/mol. The average molecular weight is 293 g/mol. The van der Waals surface area contributed by atoms with E-state index in [1.54, 1.807) is 13.0 Å². The van der Waals surface area contributed by atoms with Crippen LogP contribution in [0.1, 0.15) is 21.8 Å². The van der Waals surface area contributed by atoms with Gasteiger partial charge in [0.1, 0.15) is 5.82 Å². The number of aryl methyl sites for hydroxylation is 1. The second-order valence-electron chi connectivity index (χ2n) is 4.24. The minimum atomic E-state index is -1.21. The Bertz CT molecular complexity index is 684. The highest BCUT2D eigenvalue weighted by Crippen LogP contribution is 2.16. The maximum Gasteiger partial charge on any atom is 0.335 e. The first-order valence-corrected chi connectivity index (χ1v) is 5.95. The van der Waals surface area contributed by atoms with Crippen molar-refractivity contribution in [3.8, 4) is 0 Å². The van der Waals surface area contributed by atoms with Crippen LogP contribution in [-0.2, 0) is 6.54 Å². The van der Waals surface area contributed by atoms with E-state index >= 15 is 0 Å². The van der Waals surface area contributed by atoms with Crippen LogP contribution in [0.25, 0.3) is 0 Å². The molecule has 110 valence electrons. The number of hydrogen-bond donors (Lipinski definition) is 3. The molecule has 1 aromatic heterocycles. The van der Waals surface area contributed by atoms with Crippen LogP contribution in [-0.4, -0.2) is 22.3 Å². The molecule has 0 bridgehead atoms. The predicted molar refractivity (Wildman–Crippen MR) is 70.5 cm³/mol. The van der Waals surface area contributed by atoms with Crippen molar-refractivity contribution in [2.24, 2.45) is 0 Å². The van der Waals surface area contributed by atoms with Crippen LogP contribution in [0.5, 0.6) is 0 Å². The first-order chi connectivity index (χ1) is 9.95. The van der Waals surface area contributed by atoms with Crippen molar-refractivity contribution < 1.29 is 23.6 Å². The molecule has 1 aromatic carbocycles. The van der Waals surface area contributed by atoms with Crippen LogP contribution >= 0.6 is 0 Å². The second-order valence-corrected chi connectivity index (χ2v) is 4.24. The number of nitrogens with one attached hydrogen (secondary N) is 2. The van der Waals surface area contributed by atoms with Crippen molar-refractivity contribution in [2.75, 3.05) is 5.32 Å². The summed E-state index contributed by atoms with van der Waals surface area (Å²) in [5.41, 5.74) is 0.325. The maximum absolute atomic E-state index is 13.5. The summed E-state index contributed by atoms with van der Waals surface area (Å²) in [5.74, 6) is -1.50. The molecule has 7 nitrogen and oxygen atoms in total. The van der Waals surface area contributed by atoms with Gasteiger partial charge in [-0.05, 0) is 25.1 Å². The summed E-state index contributed by atoms with van der Waals surface area (Å²) in [7, 11) is 0. The fourth-order valence-electron chi connectivity index (χ4n) is 1.59. The molecule has 0 aliphatic heterocycles. The fraction of sp³-hybridized carbons (Fsp3) is 0.154. The zero-order chi connectivity index (χ0) is 15.4. The lowest BCUT2D eigenvalue weighted by atomic mass is 10.2. The molecule has 0 radical (unpaired) electrons. The third-order valence-corrected chi connectivity index (χ3v) is 2.56. The normalized spacial score (nSPS) is 10.2. The Morgan fingerprint density at radius 2 is 2.14 bits per heavy atom. The topological polar surface area (TPSA) is 104 Å². The first-order valence-electron chi connectivity index (χ1n) is 5.95. The zero-order valence-electron chi connectivity index (χ0n) is 11.0. The van der Waals surface area contributed by atoms with Crippen LogP contribution in [0.3, 0.4) is 0 Å². The number of benzene rings is 1. The standard InChI is InChI=1S/C13H12FN3O4/c1-7-4-9(21-17-7)6-15-13(20)16-11-5-8(12(18)19)2-3-10(11)14/h2-5H,6H2,1H3,(H,18,19)(H2,15,16,20). The SMILES string of the molecule is Cc1cc(CNC(=O)Nc2cc(C(=O)O)ccc2F)on1. The van der Waals surface area contributed by atoms with Crippen molar-refractivity contribution in [1.29, 1.82) is 0 Å². The van der Waals surface area contributed by atoms with Gasteiger partial charge in [-0.1, -0.05) is 5.16 Å². The molecule has 0 saturated heterocycles. The zero-order valence-corrected chi connectivity index (χ0v) is 11.0. The van der Waals surface area contributed by atoms with Gasteiger partial charge in [0.05, 0.1) is 23.5 Å². The van der Waals surface area contributed by atoms with Gasteiger partial charge in [-0.3, -0.25) is 0 Å². The van der Waals surface area contributed by atoms with Crippen molar-refractivity contribution >= 4 is 17.7 Å². The molecule has 0 unspecified atom stereocenters. The lowest BCUT2D eigenvalue weighted by Crippen LogP contribution is -2.28. The number of rotatable bonds is 4. The van der Waals surface area contributed by atoms with E-state index in [9.17, 15) is 14.0 Å². The summed E-state index contributed by atoms with van der Waals surface area (Å²) in [5, 5.41) is 17.1. The molecule has 0 aliphatic carbocycles. The molecule has 0 saturated carbocycles. The van der Waals surface area contributed by atoms with E-state index in [1.807, 2.05) is 0 Å². The summed E-state index contributed by atoms with van der Waals surface area (Å²) in [6.07, 6.45) is 0. The van der Waals surface area contributed by atoms with Gasteiger partial charge in [0, 0.05) is 6.07 Å². The second kappa shape index (κ2) is 6.04. The van der Waals surface area contributed by atoms with Crippen LogP contribution in [0.15, 0.2) is 28.8 Å². The Balaban J connectivity index is 1.99. The minimum Gasteiger partial charge on any atom is -0.478 e. The number of hydrogen-bond acceptors (Lipinski definition) is 4. The molecule has 0 atom stereocenters. The highest BCUT2D eigenvalue weighted by Gasteiger charge is 2.11. The van der Waals surface area contributed by atoms with Gasteiger partial charge in [-0.2, -0.15) is 0 Å². The van der Waals surface area contributed by atoms with E-state index < -0.39 is 17.8 Å². The van der Waals surface area contributed by atoms with Crippen LogP contribution in [0.4, 0.5) is 14.9 Å². The lowest BCUT2D eigenvalue weighted by Gasteiger charge is -2.08. The Labute approximate surface area is 118 Å². The Hall–Kier alpha value is -2.90. The summed E-state index contributed by atoms with van der Waals surface area (Å²) in [4.78, 5) is 22.4. The quantitative estimate of drug-likeness (QED) is 0.801. The molecule has 0 fully saturated rings. The molecule has 2 aromatic rings. The number of anilines is 1. The van der Waals surface area contributed by atoms with Crippen LogP contribution < -0.4 is 10.6 Å². The molecule has 3 N–H and O–H groups in total. The highest BCUT2D eigenvalue weighted by molar-refractivity contribution is 5.93. The van der Waals surface area contributed by atoms with Gasteiger partial charge >= 0.3 is 12.0 Å². The summed E-state index contributed by atoms with van der Waals surface area (Å²) < 4.78 is 18.4. The van der Waals surface area contributed by atoms with E-state index in [-0.39, 0.29) is 17.8 Å². The van der Waals surface area contributed by atoms with Gasteiger partial charge in [0.2, 0.25) is 0 Å². The molecule has 1 heterocycles. The van der Waals surface area contributed by atoms with E-state index in [0.717, 1.165) is 18.2 Å². The largest absolute Gasteiger partial charge is 0.478 e. The molecular formula is C13H12FN3O4. The average Bonchev–Trinajstić information content (AvgIpc) is 2.84. The van der Waals surface area contributed by atoms with Gasteiger partial charge in [-0.25, -0.2) is 14.0 Å². The Morgan fingerprint density at radius 3 is 2.76 bits per heavy atom. The number of urea groups is 1. The summed E-state index contributed by atoms with van der Waals surface area (Å²) in [6.45, 7) is 1.81. The number of carboxylic acids is 1. The van der Waals surface area contributed by atoms with Crippen molar-refractivity contribution in [3.63, 3.8) is 0 Å². The van der Waals surface area contributed by atoms with Gasteiger partial charge in [0.15, 0.2) is 5.76 Å². The van der Waals surface area contributed by atoms with Crippen molar-refractivity contribution in [1.82, 2.24) is 10.5 Å². The van der Waals surface area contributed by atoms with E-state index in [4.69, 9.17) is 9.63 Å². The minimum absolute atomic E-state index is 0.0763. The van der Waals surface area contributed by atoms with Gasteiger partial charge in [-0.15, -0.1) is 0 Å². The number of carboxylic acid groups (broad SMARTS) is 1. The van der Waals surface area contributed by atoms with E-state index in [0.29, 0.717) is 11.5 Å². The Morgan fingerprint density at radius 1 is 1.38 bits per heavy atom. The maximum atomic E-state index is 13.5. The number of carbonyl (C=O) groups is 2. The van der Waals surface area contributed by atoms with Crippen LogP contribution in [0.2, 0.25) is 0 Å². The van der Waals surface area contributed by atoms with Crippen molar-refractivity contribution in [2.45, 2.75) is 13.5 Å². The Kier molecular flexibility index (Phi) is 4.17. The van der Waals surface area contributed by atoms with E-state index in [1.165, 1.54) is 0 Å². The molecule has 2 amide bonds. The summed E-state index contributed by atoms with van der Waals surface area (Å²) in [6, 6.07) is 4.07.